The van der Waals surface area contributed by atoms with Crippen LogP contribution in [0, 0.1) is 0 Å². The summed E-state index contributed by atoms with van der Waals surface area (Å²) in [6.07, 6.45) is 4.75. The van der Waals surface area contributed by atoms with Gasteiger partial charge >= 0.3 is 0 Å². The Kier molecular flexibility index (Phi) is 4.90. The van der Waals surface area contributed by atoms with Crippen molar-refractivity contribution < 1.29 is 4.74 Å². The Hall–Kier alpha value is -2.37. The molecule has 0 saturated heterocycles. The lowest BCUT2D eigenvalue weighted by molar-refractivity contribution is 0.306. The van der Waals surface area contributed by atoms with Crippen LogP contribution in [0.5, 0.6) is 5.75 Å². The van der Waals surface area contributed by atoms with E-state index in [0.717, 1.165) is 16.9 Å². The first-order chi connectivity index (χ1) is 11.2. The van der Waals surface area contributed by atoms with Crippen LogP contribution in [0.25, 0.3) is 0 Å². The second-order valence-electron chi connectivity index (χ2n) is 4.68. The van der Waals surface area contributed by atoms with E-state index in [1.54, 1.807) is 18.3 Å². The zero-order chi connectivity index (χ0) is 16.1. The molecule has 3 aromatic rings. The average molecular weight is 347 g/mol. The lowest BCUT2D eigenvalue weighted by atomic mass is 10.2. The third-order valence-corrected chi connectivity index (χ3v) is 3.62. The van der Waals surface area contributed by atoms with E-state index in [1.807, 2.05) is 30.3 Å². The second-order valence-corrected chi connectivity index (χ2v) is 5.52. The summed E-state index contributed by atoms with van der Waals surface area (Å²) in [7, 11) is 0. The van der Waals surface area contributed by atoms with E-state index in [0.29, 0.717) is 16.7 Å². The molecule has 5 nitrogen and oxygen atoms in total. The van der Waals surface area contributed by atoms with E-state index in [1.165, 1.54) is 17.3 Å². The van der Waals surface area contributed by atoms with Gasteiger partial charge < -0.3 is 4.74 Å². The largest absolute Gasteiger partial charge is 0.489 e. The maximum absolute atomic E-state index is 6.12. The minimum Gasteiger partial charge on any atom is -0.489 e. The number of rotatable bonds is 5. The van der Waals surface area contributed by atoms with E-state index in [9.17, 15) is 0 Å². The van der Waals surface area contributed by atoms with E-state index in [4.69, 9.17) is 27.9 Å². The number of benzene rings is 2. The van der Waals surface area contributed by atoms with Crippen LogP contribution in [-0.2, 0) is 6.61 Å². The molecule has 1 aromatic heterocycles. The monoisotopic (exact) mass is 346 g/mol. The summed E-state index contributed by atoms with van der Waals surface area (Å²) in [4.78, 5) is 0. The lowest BCUT2D eigenvalue weighted by Gasteiger charge is -2.08. The van der Waals surface area contributed by atoms with Gasteiger partial charge in [0.25, 0.3) is 0 Å². The quantitative estimate of drug-likeness (QED) is 0.655. The summed E-state index contributed by atoms with van der Waals surface area (Å²) in [6.45, 7) is 0.379. The molecule has 0 atom stereocenters. The van der Waals surface area contributed by atoms with Crippen LogP contribution in [-0.4, -0.2) is 21.1 Å². The topological polar surface area (TPSA) is 52.3 Å². The summed E-state index contributed by atoms with van der Waals surface area (Å²) in [5.74, 6) is 0.748. The van der Waals surface area contributed by atoms with E-state index < -0.39 is 0 Å². The van der Waals surface area contributed by atoms with Gasteiger partial charge in [-0.3, -0.25) is 0 Å². The minimum atomic E-state index is 0.379. The van der Waals surface area contributed by atoms with Gasteiger partial charge in [-0.15, -0.1) is 10.2 Å². The maximum Gasteiger partial charge on any atom is 0.141 e. The van der Waals surface area contributed by atoms with Crippen molar-refractivity contribution in [3.63, 3.8) is 0 Å². The molecule has 0 fully saturated rings. The van der Waals surface area contributed by atoms with Crippen molar-refractivity contribution >= 4 is 29.4 Å². The van der Waals surface area contributed by atoms with Gasteiger partial charge in [0.05, 0.1) is 6.21 Å². The van der Waals surface area contributed by atoms with Gasteiger partial charge in [-0.1, -0.05) is 29.3 Å². The van der Waals surface area contributed by atoms with Crippen LogP contribution in [0.1, 0.15) is 11.1 Å². The summed E-state index contributed by atoms with van der Waals surface area (Å²) >= 11 is 12.0. The Morgan fingerprint density at radius 3 is 2.48 bits per heavy atom. The van der Waals surface area contributed by atoms with Gasteiger partial charge in [-0.2, -0.15) is 5.10 Å². The molecule has 0 N–H and O–H groups in total. The molecule has 7 heteroatoms. The Balaban J connectivity index is 1.61. The van der Waals surface area contributed by atoms with Crippen molar-refractivity contribution in [2.75, 3.05) is 0 Å². The van der Waals surface area contributed by atoms with Crippen LogP contribution in [0.15, 0.2) is 60.2 Å². The fraction of sp³-hybridized carbons (Fsp3) is 0.0625. The molecule has 0 saturated carbocycles. The van der Waals surface area contributed by atoms with Crippen molar-refractivity contribution in [2.45, 2.75) is 6.61 Å². The molecule has 0 spiro atoms. The highest BCUT2D eigenvalue weighted by molar-refractivity contribution is 6.35. The smallest absolute Gasteiger partial charge is 0.141 e. The number of hydrogen-bond acceptors (Lipinski definition) is 4. The number of halogens is 2. The first-order valence-corrected chi connectivity index (χ1v) is 7.52. The third-order valence-electron chi connectivity index (χ3n) is 3.04. The van der Waals surface area contributed by atoms with Crippen molar-refractivity contribution in [1.82, 2.24) is 14.9 Å². The summed E-state index contributed by atoms with van der Waals surface area (Å²) in [6, 6.07) is 12.9. The van der Waals surface area contributed by atoms with Gasteiger partial charge in [-0.05, 0) is 42.0 Å². The molecule has 2 aromatic carbocycles. The number of ether oxygens (including phenoxy) is 1. The predicted molar refractivity (Wildman–Crippen MR) is 90.3 cm³/mol. The van der Waals surface area contributed by atoms with E-state index >= 15 is 0 Å². The normalized spacial score (nSPS) is 11.0. The minimum absolute atomic E-state index is 0.379. The zero-order valence-electron chi connectivity index (χ0n) is 11.9. The number of nitrogens with zero attached hydrogens (tertiary/aromatic N) is 4. The molecule has 0 bridgehead atoms. The highest BCUT2D eigenvalue weighted by Crippen LogP contribution is 2.22. The number of aromatic nitrogens is 3. The molecule has 116 valence electrons. The summed E-state index contributed by atoms with van der Waals surface area (Å²) in [5, 5.41) is 12.7. The molecule has 0 aliphatic rings. The Labute approximate surface area is 143 Å². The molecular weight excluding hydrogens is 335 g/mol. The van der Waals surface area contributed by atoms with E-state index in [2.05, 4.69) is 15.3 Å². The molecule has 0 unspecified atom stereocenters. The second kappa shape index (κ2) is 7.26. The van der Waals surface area contributed by atoms with Crippen LogP contribution in [0.4, 0.5) is 0 Å². The van der Waals surface area contributed by atoms with Gasteiger partial charge in [0, 0.05) is 15.6 Å². The average Bonchev–Trinajstić information content (AvgIpc) is 3.07. The van der Waals surface area contributed by atoms with Crippen molar-refractivity contribution in [2.24, 2.45) is 5.10 Å². The van der Waals surface area contributed by atoms with Gasteiger partial charge in [0.15, 0.2) is 0 Å². The summed E-state index contributed by atoms with van der Waals surface area (Å²) in [5.41, 5.74) is 1.82. The number of hydrogen-bond donors (Lipinski definition) is 0. The Morgan fingerprint density at radius 2 is 1.78 bits per heavy atom. The molecule has 0 aliphatic carbocycles. The first kappa shape index (κ1) is 15.5. The van der Waals surface area contributed by atoms with Crippen LogP contribution >= 0.6 is 23.2 Å². The lowest BCUT2D eigenvalue weighted by Crippen LogP contribution is -1.96. The standard InChI is InChI=1S/C16H12Cl2N4O/c17-14-4-3-13(16(18)7-14)9-23-15-5-1-12(2-6-15)8-21-22-10-19-20-11-22/h1-8,10-11H,9H2/b21-8-. The molecular formula is C16H12Cl2N4O. The van der Waals surface area contributed by atoms with Gasteiger partial charge in [0.2, 0.25) is 0 Å². The first-order valence-electron chi connectivity index (χ1n) is 6.76. The van der Waals surface area contributed by atoms with Crippen molar-refractivity contribution in [1.29, 1.82) is 0 Å². The third kappa shape index (κ3) is 4.31. The molecule has 0 amide bonds. The Morgan fingerprint density at radius 1 is 1.04 bits per heavy atom. The highest BCUT2D eigenvalue weighted by Gasteiger charge is 2.02. The predicted octanol–water partition coefficient (Wildman–Crippen LogP) is 4.05. The summed E-state index contributed by atoms with van der Waals surface area (Å²) < 4.78 is 7.24. The van der Waals surface area contributed by atoms with Crippen molar-refractivity contribution in [3.8, 4) is 5.75 Å². The molecule has 0 radical (unpaired) electrons. The molecule has 23 heavy (non-hydrogen) atoms. The Bertz CT molecular complexity index is 801. The fourth-order valence-corrected chi connectivity index (χ4v) is 2.30. The van der Waals surface area contributed by atoms with Crippen LogP contribution in [0.3, 0.4) is 0 Å². The van der Waals surface area contributed by atoms with Crippen LogP contribution in [0.2, 0.25) is 10.0 Å². The van der Waals surface area contributed by atoms with Gasteiger partial charge in [0.1, 0.15) is 25.0 Å². The molecule has 0 aliphatic heterocycles. The zero-order valence-corrected chi connectivity index (χ0v) is 13.4. The van der Waals surface area contributed by atoms with Crippen molar-refractivity contribution in [3.05, 3.63) is 76.3 Å². The fourth-order valence-electron chi connectivity index (χ4n) is 1.84. The van der Waals surface area contributed by atoms with Crippen LogP contribution < -0.4 is 4.74 Å². The van der Waals surface area contributed by atoms with E-state index in [-0.39, 0.29) is 0 Å². The molecule has 3 rings (SSSR count). The SMILES string of the molecule is Clc1ccc(COc2ccc(/C=N\n3cnnc3)cc2)c(Cl)c1. The van der Waals surface area contributed by atoms with Gasteiger partial charge in [-0.25, -0.2) is 4.68 Å². The molecule has 1 heterocycles. The maximum atomic E-state index is 6.12. The highest BCUT2D eigenvalue weighted by atomic mass is 35.5.